The molecule has 108 valence electrons. The van der Waals surface area contributed by atoms with Crippen molar-refractivity contribution in [3.05, 3.63) is 0 Å². The standard InChI is InChI=1S/C16H28N2O/c1-11(16(19)18-15-4-2-3-5-15)17-10-14-9-12-6-7-13(14)8-12/h11-15,17H,2-10H2,1H3,(H,18,19). The molecule has 3 heteroatoms. The third-order valence-electron chi connectivity index (χ3n) is 5.67. The minimum atomic E-state index is -0.0280. The lowest BCUT2D eigenvalue weighted by atomic mass is 9.89. The number of carbonyl (C=O) groups is 1. The highest BCUT2D eigenvalue weighted by molar-refractivity contribution is 5.81. The Hall–Kier alpha value is -0.570. The number of amides is 1. The molecule has 0 spiro atoms. The summed E-state index contributed by atoms with van der Waals surface area (Å²) in [7, 11) is 0. The first-order valence-corrected chi connectivity index (χ1v) is 8.26. The first-order chi connectivity index (χ1) is 9.22. The van der Waals surface area contributed by atoms with Gasteiger partial charge in [0.15, 0.2) is 0 Å². The van der Waals surface area contributed by atoms with Gasteiger partial charge in [-0.3, -0.25) is 4.79 Å². The van der Waals surface area contributed by atoms with Crippen molar-refractivity contribution in [1.82, 2.24) is 10.6 Å². The van der Waals surface area contributed by atoms with E-state index in [0.717, 1.165) is 24.3 Å². The van der Waals surface area contributed by atoms with Crippen molar-refractivity contribution >= 4 is 5.91 Å². The maximum atomic E-state index is 12.1. The molecule has 3 saturated carbocycles. The van der Waals surface area contributed by atoms with E-state index in [2.05, 4.69) is 10.6 Å². The van der Waals surface area contributed by atoms with E-state index in [0.29, 0.717) is 6.04 Å². The number of hydrogen-bond donors (Lipinski definition) is 2. The van der Waals surface area contributed by atoms with E-state index < -0.39 is 0 Å². The fourth-order valence-corrected chi connectivity index (χ4v) is 4.44. The van der Waals surface area contributed by atoms with Crippen LogP contribution in [0.3, 0.4) is 0 Å². The fraction of sp³-hybridized carbons (Fsp3) is 0.938. The van der Waals surface area contributed by atoms with Crippen LogP contribution in [0, 0.1) is 17.8 Å². The van der Waals surface area contributed by atoms with Crippen LogP contribution in [0.1, 0.15) is 58.3 Å². The predicted octanol–water partition coefficient (Wildman–Crippen LogP) is 2.46. The third kappa shape index (κ3) is 3.13. The minimum Gasteiger partial charge on any atom is -0.352 e. The summed E-state index contributed by atoms with van der Waals surface area (Å²) < 4.78 is 0. The second-order valence-corrected chi connectivity index (χ2v) is 7.05. The largest absolute Gasteiger partial charge is 0.352 e. The van der Waals surface area contributed by atoms with Crippen LogP contribution in [0.25, 0.3) is 0 Å². The average Bonchev–Trinajstić information content (AvgIpc) is 3.12. The number of hydrogen-bond acceptors (Lipinski definition) is 2. The Kier molecular flexibility index (Phi) is 4.11. The van der Waals surface area contributed by atoms with Crippen LogP contribution in [-0.4, -0.2) is 24.5 Å². The quantitative estimate of drug-likeness (QED) is 0.801. The molecule has 0 aromatic rings. The van der Waals surface area contributed by atoms with E-state index in [-0.39, 0.29) is 11.9 Å². The van der Waals surface area contributed by atoms with Gasteiger partial charge in [-0.25, -0.2) is 0 Å². The monoisotopic (exact) mass is 264 g/mol. The van der Waals surface area contributed by atoms with Crippen LogP contribution in [0.4, 0.5) is 0 Å². The molecule has 0 radical (unpaired) electrons. The van der Waals surface area contributed by atoms with Gasteiger partial charge in [-0.1, -0.05) is 19.3 Å². The fourth-order valence-electron chi connectivity index (χ4n) is 4.44. The smallest absolute Gasteiger partial charge is 0.237 e. The van der Waals surface area contributed by atoms with Crippen molar-refractivity contribution < 1.29 is 4.79 Å². The zero-order chi connectivity index (χ0) is 13.2. The van der Waals surface area contributed by atoms with Crippen LogP contribution >= 0.6 is 0 Å². The predicted molar refractivity (Wildman–Crippen MR) is 76.8 cm³/mol. The van der Waals surface area contributed by atoms with Gasteiger partial charge in [-0.15, -0.1) is 0 Å². The molecule has 0 aliphatic heterocycles. The van der Waals surface area contributed by atoms with Crippen LogP contribution < -0.4 is 10.6 Å². The summed E-state index contributed by atoms with van der Waals surface area (Å²) in [4.78, 5) is 12.1. The second-order valence-electron chi connectivity index (χ2n) is 7.05. The Morgan fingerprint density at radius 3 is 2.58 bits per heavy atom. The van der Waals surface area contributed by atoms with Crippen molar-refractivity contribution in [2.45, 2.75) is 70.4 Å². The minimum absolute atomic E-state index is 0.0280. The summed E-state index contributed by atoms with van der Waals surface area (Å²) in [5, 5.41) is 6.66. The number of fused-ring (bicyclic) bond motifs is 2. The summed E-state index contributed by atoms with van der Waals surface area (Å²) in [5.74, 6) is 2.98. The maximum Gasteiger partial charge on any atom is 0.237 e. The molecule has 0 aromatic carbocycles. The maximum absolute atomic E-state index is 12.1. The van der Waals surface area contributed by atoms with Crippen LogP contribution in [0.15, 0.2) is 0 Å². The van der Waals surface area contributed by atoms with Gasteiger partial charge in [0, 0.05) is 6.04 Å². The second kappa shape index (κ2) is 5.82. The molecule has 3 rings (SSSR count). The molecule has 3 nitrogen and oxygen atoms in total. The van der Waals surface area contributed by atoms with Gasteiger partial charge in [0.2, 0.25) is 5.91 Å². The summed E-state index contributed by atoms with van der Waals surface area (Å²) in [6, 6.07) is 0.416. The van der Waals surface area contributed by atoms with Crippen molar-refractivity contribution in [2.75, 3.05) is 6.54 Å². The third-order valence-corrected chi connectivity index (χ3v) is 5.67. The molecule has 2 bridgehead atoms. The van der Waals surface area contributed by atoms with Crippen LogP contribution in [0.5, 0.6) is 0 Å². The molecule has 19 heavy (non-hydrogen) atoms. The molecule has 0 heterocycles. The Morgan fingerprint density at radius 1 is 1.16 bits per heavy atom. The van der Waals surface area contributed by atoms with Gasteiger partial charge in [-0.05, 0) is 63.3 Å². The Morgan fingerprint density at radius 2 is 1.95 bits per heavy atom. The number of carbonyl (C=O) groups excluding carboxylic acids is 1. The van der Waals surface area contributed by atoms with E-state index in [9.17, 15) is 4.79 Å². The highest BCUT2D eigenvalue weighted by Gasteiger charge is 2.39. The average molecular weight is 264 g/mol. The van der Waals surface area contributed by atoms with Crippen molar-refractivity contribution in [3.8, 4) is 0 Å². The highest BCUT2D eigenvalue weighted by Crippen LogP contribution is 2.47. The van der Waals surface area contributed by atoms with E-state index in [1.807, 2.05) is 6.92 Å². The molecular formula is C16H28N2O. The van der Waals surface area contributed by atoms with Crippen LogP contribution in [-0.2, 0) is 4.79 Å². The number of nitrogens with one attached hydrogen (secondary N) is 2. The SMILES string of the molecule is CC(NCC1CC2CCC1C2)C(=O)NC1CCCC1. The molecule has 3 aliphatic rings. The first-order valence-electron chi connectivity index (χ1n) is 8.26. The van der Waals surface area contributed by atoms with Crippen molar-refractivity contribution in [1.29, 1.82) is 0 Å². The zero-order valence-electron chi connectivity index (χ0n) is 12.2. The van der Waals surface area contributed by atoms with Gasteiger partial charge < -0.3 is 10.6 Å². The lowest BCUT2D eigenvalue weighted by Crippen LogP contribution is -2.47. The van der Waals surface area contributed by atoms with E-state index in [1.54, 1.807) is 0 Å². The van der Waals surface area contributed by atoms with E-state index in [1.165, 1.54) is 51.4 Å². The molecule has 4 unspecified atom stereocenters. The van der Waals surface area contributed by atoms with Gasteiger partial charge in [0.1, 0.15) is 0 Å². The summed E-state index contributed by atoms with van der Waals surface area (Å²) in [6.45, 7) is 3.05. The summed E-state index contributed by atoms with van der Waals surface area (Å²) in [5.41, 5.74) is 0. The van der Waals surface area contributed by atoms with Gasteiger partial charge in [0.05, 0.1) is 6.04 Å². The summed E-state index contributed by atoms with van der Waals surface area (Å²) in [6.07, 6.45) is 10.6. The van der Waals surface area contributed by atoms with Gasteiger partial charge in [-0.2, -0.15) is 0 Å². The Labute approximate surface area is 116 Å². The lowest BCUT2D eigenvalue weighted by Gasteiger charge is -2.24. The summed E-state index contributed by atoms with van der Waals surface area (Å²) >= 11 is 0. The number of rotatable bonds is 5. The van der Waals surface area contributed by atoms with Gasteiger partial charge >= 0.3 is 0 Å². The van der Waals surface area contributed by atoms with Crippen LogP contribution in [0.2, 0.25) is 0 Å². The topological polar surface area (TPSA) is 41.1 Å². The molecule has 3 fully saturated rings. The molecule has 0 saturated heterocycles. The van der Waals surface area contributed by atoms with Crippen molar-refractivity contribution in [2.24, 2.45) is 17.8 Å². The molecule has 2 N–H and O–H groups in total. The molecule has 4 atom stereocenters. The Bertz CT molecular complexity index is 325. The van der Waals surface area contributed by atoms with E-state index >= 15 is 0 Å². The zero-order valence-corrected chi connectivity index (χ0v) is 12.2. The van der Waals surface area contributed by atoms with E-state index in [4.69, 9.17) is 0 Å². The normalized spacial score (nSPS) is 35.7. The van der Waals surface area contributed by atoms with Crippen molar-refractivity contribution in [3.63, 3.8) is 0 Å². The Balaban J connectivity index is 1.38. The molecule has 0 aromatic heterocycles. The molecule has 3 aliphatic carbocycles. The molecular weight excluding hydrogens is 236 g/mol. The van der Waals surface area contributed by atoms with Gasteiger partial charge in [0.25, 0.3) is 0 Å². The molecule has 1 amide bonds. The highest BCUT2D eigenvalue weighted by atomic mass is 16.2. The first kappa shape index (κ1) is 13.4. The lowest BCUT2D eigenvalue weighted by molar-refractivity contribution is -0.123.